The van der Waals surface area contributed by atoms with Gasteiger partial charge in [0.05, 0.1) is 24.7 Å². The third kappa shape index (κ3) is 5.20. The van der Waals surface area contributed by atoms with E-state index >= 15 is 0 Å². The van der Waals surface area contributed by atoms with Gasteiger partial charge in [0.1, 0.15) is 5.75 Å². The zero-order chi connectivity index (χ0) is 19.9. The first kappa shape index (κ1) is 19.6. The number of aryl methyl sites for hydroxylation is 1. The van der Waals surface area contributed by atoms with E-state index in [9.17, 15) is 4.79 Å². The van der Waals surface area contributed by atoms with Crippen molar-refractivity contribution in [3.05, 3.63) is 77.9 Å². The topological polar surface area (TPSA) is 82.2 Å². The van der Waals surface area contributed by atoms with E-state index in [-0.39, 0.29) is 5.91 Å². The van der Waals surface area contributed by atoms with Gasteiger partial charge in [0.25, 0.3) is 0 Å². The summed E-state index contributed by atoms with van der Waals surface area (Å²) < 4.78 is 7.46. The summed E-state index contributed by atoms with van der Waals surface area (Å²) in [4.78, 5) is 16.9. The molecule has 6 heteroatoms. The molecule has 0 aliphatic heterocycles. The van der Waals surface area contributed by atoms with Crippen LogP contribution in [0.5, 0.6) is 5.75 Å². The van der Waals surface area contributed by atoms with Crippen LogP contribution in [0.1, 0.15) is 23.7 Å². The van der Waals surface area contributed by atoms with Crippen molar-refractivity contribution in [3.8, 4) is 5.75 Å². The second-order valence-electron chi connectivity index (χ2n) is 6.73. The lowest BCUT2D eigenvalue weighted by Crippen LogP contribution is -2.37. The molecule has 6 nitrogen and oxygen atoms in total. The number of carbonyl (C=O) groups excluding carboxylic acids is 1. The van der Waals surface area contributed by atoms with Crippen LogP contribution in [0, 0.1) is 6.92 Å². The van der Waals surface area contributed by atoms with Gasteiger partial charge in [-0.1, -0.05) is 30.3 Å². The van der Waals surface area contributed by atoms with E-state index in [0.29, 0.717) is 13.0 Å². The molecule has 1 atom stereocenters. The summed E-state index contributed by atoms with van der Waals surface area (Å²) in [5, 5.41) is 2.89. The standard InChI is InChI=1S/C22H26N4O2/c1-3-28-19-9-10-21(16(2)11-19)25-22(27)20(23)12-18-14-26(15-24-18)13-17-7-5-4-6-8-17/h4-11,14-15,20H,3,12-13,23H2,1-2H3,(H,25,27)/t20-/m0/s1. The van der Waals surface area contributed by atoms with Gasteiger partial charge in [-0.15, -0.1) is 0 Å². The molecule has 0 unspecified atom stereocenters. The Balaban J connectivity index is 1.57. The minimum atomic E-state index is -0.675. The first-order valence-electron chi connectivity index (χ1n) is 9.39. The van der Waals surface area contributed by atoms with Crippen LogP contribution >= 0.6 is 0 Å². The Kier molecular flexibility index (Phi) is 6.45. The molecule has 28 heavy (non-hydrogen) atoms. The van der Waals surface area contributed by atoms with Gasteiger partial charge in [-0.3, -0.25) is 4.79 Å². The van der Waals surface area contributed by atoms with Crippen molar-refractivity contribution >= 4 is 11.6 Å². The third-order valence-corrected chi connectivity index (χ3v) is 4.43. The molecule has 3 rings (SSSR count). The number of anilines is 1. The van der Waals surface area contributed by atoms with Gasteiger partial charge < -0.3 is 20.4 Å². The number of aromatic nitrogens is 2. The van der Waals surface area contributed by atoms with Crippen molar-refractivity contribution in [2.24, 2.45) is 5.73 Å². The molecule has 0 bridgehead atoms. The molecule has 3 N–H and O–H groups in total. The maximum absolute atomic E-state index is 12.5. The molecule has 2 aromatic carbocycles. The molecule has 1 amide bonds. The van der Waals surface area contributed by atoms with Crippen molar-refractivity contribution in [1.82, 2.24) is 9.55 Å². The van der Waals surface area contributed by atoms with Crippen LogP contribution in [0.4, 0.5) is 5.69 Å². The van der Waals surface area contributed by atoms with Gasteiger partial charge in [-0.2, -0.15) is 0 Å². The lowest BCUT2D eigenvalue weighted by Gasteiger charge is -2.14. The molecule has 1 aromatic heterocycles. The molecule has 0 fully saturated rings. The summed E-state index contributed by atoms with van der Waals surface area (Å²) in [6.45, 7) is 5.20. The summed E-state index contributed by atoms with van der Waals surface area (Å²) in [7, 11) is 0. The van der Waals surface area contributed by atoms with E-state index in [1.807, 2.05) is 61.0 Å². The fourth-order valence-corrected chi connectivity index (χ4v) is 2.97. The fourth-order valence-electron chi connectivity index (χ4n) is 2.97. The number of nitrogens with one attached hydrogen (secondary N) is 1. The number of nitrogens with two attached hydrogens (primary N) is 1. The lowest BCUT2D eigenvalue weighted by molar-refractivity contribution is -0.117. The second-order valence-corrected chi connectivity index (χ2v) is 6.73. The van der Waals surface area contributed by atoms with Crippen LogP contribution in [0.2, 0.25) is 0 Å². The first-order chi connectivity index (χ1) is 13.5. The van der Waals surface area contributed by atoms with Gasteiger partial charge in [0.2, 0.25) is 5.91 Å². The summed E-state index contributed by atoms with van der Waals surface area (Å²) in [6, 6.07) is 15.0. The molecule has 0 radical (unpaired) electrons. The van der Waals surface area contributed by atoms with Gasteiger partial charge in [0, 0.05) is 24.8 Å². The Bertz CT molecular complexity index is 921. The zero-order valence-corrected chi connectivity index (χ0v) is 16.3. The minimum Gasteiger partial charge on any atom is -0.494 e. The van der Waals surface area contributed by atoms with E-state index in [1.165, 1.54) is 5.56 Å². The van der Waals surface area contributed by atoms with Gasteiger partial charge >= 0.3 is 0 Å². The molecule has 146 valence electrons. The molecule has 0 spiro atoms. The van der Waals surface area contributed by atoms with Gasteiger partial charge in [-0.05, 0) is 43.2 Å². The molecule has 0 aliphatic carbocycles. The van der Waals surface area contributed by atoms with E-state index in [4.69, 9.17) is 10.5 Å². The van der Waals surface area contributed by atoms with Gasteiger partial charge in [0.15, 0.2) is 0 Å². The summed E-state index contributed by atoms with van der Waals surface area (Å²) in [5.41, 5.74) is 9.75. The van der Waals surface area contributed by atoms with Crippen molar-refractivity contribution in [3.63, 3.8) is 0 Å². The average Bonchev–Trinajstić information content (AvgIpc) is 3.11. The Morgan fingerprint density at radius 2 is 2.04 bits per heavy atom. The van der Waals surface area contributed by atoms with Crippen molar-refractivity contribution in [2.45, 2.75) is 32.9 Å². The van der Waals surface area contributed by atoms with Crippen LogP contribution in [0.3, 0.4) is 0 Å². The van der Waals surface area contributed by atoms with Crippen LogP contribution in [-0.4, -0.2) is 28.1 Å². The highest BCUT2D eigenvalue weighted by molar-refractivity contribution is 5.95. The maximum Gasteiger partial charge on any atom is 0.241 e. The maximum atomic E-state index is 12.5. The van der Waals surface area contributed by atoms with E-state index in [0.717, 1.165) is 29.2 Å². The summed E-state index contributed by atoms with van der Waals surface area (Å²) >= 11 is 0. The number of imidazole rings is 1. The Morgan fingerprint density at radius 3 is 2.75 bits per heavy atom. The number of carbonyl (C=O) groups is 1. The number of ether oxygens (including phenoxy) is 1. The Hall–Kier alpha value is -3.12. The van der Waals surface area contributed by atoms with Crippen LogP contribution < -0.4 is 15.8 Å². The molecular weight excluding hydrogens is 352 g/mol. The molecule has 1 heterocycles. The monoisotopic (exact) mass is 378 g/mol. The Morgan fingerprint density at radius 1 is 1.25 bits per heavy atom. The first-order valence-corrected chi connectivity index (χ1v) is 9.39. The number of nitrogens with zero attached hydrogens (tertiary/aromatic N) is 2. The van der Waals surface area contributed by atoms with Crippen molar-refractivity contribution in [2.75, 3.05) is 11.9 Å². The number of hydrogen-bond acceptors (Lipinski definition) is 4. The quantitative estimate of drug-likeness (QED) is 0.631. The normalized spacial score (nSPS) is 11.8. The third-order valence-electron chi connectivity index (χ3n) is 4.43. The predicted octanol–water partition coefficient (Wildman–Crippen LogP) is 3.15. The molecule has 0 saturated carbocycles. The summed E-state index contributed by atoms with van der Waals surface area (Å²) in [5.74, 6) is 0.552. The zero-order valence-electron chi connectivity index (χ0n) is 16.3. The van der Waals surface area contributed by atoms with Crippen LogP contribution in [-0.2, 0) is 17.8 Å². The highest BCUT2D eigenvalue weighted by atomic mass is 16.5. The smallest absolute Gasteiger partial charge is 0.241 e. The Labute approximate surface area is 165 Å². The lowest BCUT2D eigenvalue weighted by atomic mass is 10.1. The molecule has 3 aromatic rings. The highest BCUT2D eigenvalue weighted by Gasteiger charge is 2.17. The van der Waals surface area contributed by atoms with E-state index in [2.05, 4.69) is 22.4 Å². The van der Waals surface area contributed by atoms with Crippen molar-refractivity contribution in [1.29, 1.82) is 0 Å². The number of amides is 1. The fraction of sp³-hybridized carbons (Fsp3) is 0.273. The summed E-state index contributed by atoms with van der Waals surface area (Å²) in [6.07, 6.45) is 4.08. The van der Waals surface area contributed by atoms with E-state index in [1.54, 1.807) is 6.33 Å². The SMILES string of the molecule is CCOc1ccc(NC(=O)[C@@H](N)Cc2cn(Cc3ccccc3)cn2)c(C)c1. The van der Waals surface area contributed by atoms with Crippen molar-refractivity contribution < 1.29 is 9.53 Å². The average molecular weight is 378 g/mol. The predicted molar refractivity (Wildman–Crippen MR) is 110 cm³/mol. The van der Waals surface area contributed by atoms with Crippen LogP contribution in [0.25, 0.3) is 0 Å². The number of rotatable bonds is 8. The number of benzene rings is 2. The molecule has 0 aliphatic rings. The molecular formula is C22H26N4O2. The van der Waals surface area contributed by atoms with Crippen LogP contribution in [0.15, 0.2) is 61.1 Å². The molecule has 0 saturated heterocycles. The van der Waals surface area contributed by atoms with E-state index < -0.39 is 6.04 Å². The minimum absolute atomic E-state index is 0.232. The highest BCUT2D eigenvalue weighted by Crippen LogP contribution is 2.21. The van der Waals surface area contributed by atoms with Gasteiger partial charge in [-0.25, -0.2) is 4.98 Å². The largest absolute Gasteiger partial charge is 0.494 e. The second kappa shape index (κ2) is 9.19. The number of hydrogen-bond donors (Lipinski definition) is 2.